The second kappa shape index (κ2) is 11.8. The monoisotopic (exact) mass is 501 g/mol. The van der Waals surface area contributed by atoms with Crippen molar-refractivity contribution in [3.63, 3.8) is 0 Å². The van der Waals surface area contributed by atoms with Crippen molar-refractivity contribution in [2.45, 2.75) is 31.3 Å². The van der Waals surface area contributed by atoms with Gasteiger partial charge >= 0.3 is 0 Å². The number of carbonyl (C=O) groups is 1. The quantitative estimate of drug-likeness (QED) is 0.312. The van der Waals surface area contributed by atoms with Crippen molar-refractivity contribution < 1.29 is 23.6 Å². The van der Waals surface area contributed by atoms with Crippen LogP contribution in [-0.2, 0) is 20.8 Å². The number of halogens is 1. The van der Waals surface area contributed by atoms with Crippen LogP contribution in [0.1, 0.15) is 29.0 Å². The number of para-hydroxylation sites is 2. The molecule has 2 aromatic carbocycles. The first-order chi connectivity index (χ1) is 18.0. The van der Waals surface area contributed by atoms with Gasteiger partial charge in [0.2, 0.25) is 0 Å². The maximum absolute atomic E-state index is 13.9. The standard InChI is InChI=1S/C27H24FN5O4/c28-19-5-3-4-17(12-19)13-23(33-27(37)26-31-21-6-1-2-7-22(21)32-26)25(16-36)30-20(9-11-34)14-18-8-10-29-24(18)15-35/h1-7,9,12,18,20,23,29-30H,8,10,13-14H2,(H,31,32)(H,33,37)/t18-,20+,23-/m0/s1. The minimum Gasteiger partial charge on any atom is -0.379 e. The molecule has 0 spiro atoms. The summed E-state index contributed by atoms with van der Waals surface area (Å²) in [5, 5.41) is 8.68. The largest absolute Gasteiger partial charge is 0.379 e. The second-order valence-electron chi connectivity index (χ2n) is 8.68. The molecule has 1 amide bonds. The van der Waals surface area contributed by atoms with E-state index in [1.54, 1.807) is 36.3 Å². The number of amides is 1. The molecule has 0 saturated carbocycles. The predicted octanol–water partition coefficient (Wildman–Crippen LogP) is 1.82. The summed E-state index contributed by atoms with van der Waals surface area (Å²) < 4.78 is 13.9. The van der Waals surface area contributed by atoms with Gasteiger partial charge in [0, 0.05) is 18.5 Å². The maximum Gasteiger partial charge on any atom is 0.287 e. The van der Waals surface area contributed by atoms with Crippen LogP contribution in [0.3, 0.4) is 0 Å². The minimum atomic E-state index is -0.953. The van der Waals surface area contributed by atoms with Gasteiger partial charge in [-0.25, -0.2) is 23.8 Å². The average Bonchev–Trinajstić information content (AvgIpc) is 3.53. The van der Waals surface area contributed by atoms with E-state index in [9.17, 15) is 23.6 Å². The van der Waals surface area contributed by atoms with Gasteiger partial charge in [-0.05, 0) is 49.1 Å². The maximum atomic E-state index is 13.9. The summed E-state index contributed by atoms with van der Waals surface area (Å²) in [5.41, 5.74) is 2.14. The van der Waals surface area contributed by atoms with E-state index in [1.165, 1.54) is 24.3 Å². The zero-order valence-electron chi connectivity index (χ0n) is 19.7. The van der Waals surface area contributed by atoms with Crippen molar-refractivity contribution in [1.29, 1.82) is 0 Å². The number of hydrogen-bond acceptors (Lipinski definition) is 7. The number of fused-ring (bicyclic) bond motifs is 1. The van der Waals surface area contributed by atoms with Crippen LogP contribution in [0.25, 0.3) is 11.0 Å². The van der Waals surface area contributed by atoms with Crippen molar-refractivity contribution in [2.75, 3.05) is 6.54 Å². The molecule has 1 aliphatic heterocycles. The molecule has 4 rings (SSSR count). The Kier molecular flexibility index (Phi) is 8.08. The summed E-state index contributed by atoms with van der Waals surface area (Å²) in [7, 11) is 0. The lowest BCUT2D eigenvalue weighted by molar-refractivity contribution is 0.0932. The summed E-state index contributed by atoms with van der Waals surface area (Å²) in [6.45, 7) is 0.596. The van der Waals surface area contributed by atoms with Gasteiger partial charge in [-0.1, -0.05) is 24.3 Å². The number of allylic oxidation sites excluding steroid dienone is 1. The lowest BCUT2D eigenvalue weighted by atomic mass is 9.95. The third kappa shape index (κ3) is 6.28. The van der Waals surface area contributed by atoms with E-state index in [1.807, 2.05) is 11.9 Å². The summed E-state index contributed by atoms with van der Waals surface area (Å²) in [5.74, 6) is 4.22. The van der Waals surface area contributed by atoms with Gasteiger partial charge < -0.3 is 20.9 Å². The molecule has 3 aromatic rings. The van der Waals surface area contributed by atoms with E-state index < -0.39 is 23.8 Å². The molecule has 1 aliphatic rings. The topological polar surface area (TPSA) is 133 Å². The van der Waals surface area contributed by atoms with E-state index in [-0.39, 0.29) is 23.9 Å². The molecule has 0 aliphatic carbocycles. The molecule has 3 atom stereocenters. The summed E-state index contributed by atoms with van der Waals surface area (Å²) >= 11 is 0. The van der Waals surface area contributed by atoms with Crippen LogP contribution in [0.5, 0.6) is 0 Å². The zero-order valence-corrected chi connectivity index (χ0v) is 19.7. The molecule has 10 heteroatoms. The molecule has 0 radical (unpaired) electrons. The molecule has 4 N–H and O–H groups in total. The Morgan fingerprint density at radius 2 is 2.00 bits per heavy atom. The molecule has 1 fully saturated rings. The highest BCUT2D eigenvalue weighted by Crippen LogP contribution is 2.23. The smallest absolute Gasteiger partial charge is 0.287 e. The third-order valence-corrected chi connectivity index (χ3v) is 6.17. The highest BCUT2D eigenvalue weighted by Gasteiger charge is 2.28. The van der Waals surface area contributed by atoms with Gasteiger partial charge in [-0.15, -0.1) is 0 Å². The Balaban J connectivity index is 1.59. The van der Waals surface area contributed by atoms with Crippen molar-refractivity contribution in [1.82, 2.24) is 25.9 Å². The number of rotatable bonds is 10. The Morgan fingerprint density at radius 1 is 1.16 bits per heavy atom. The van der Waals surface area contributed by atoms with Gasteiger partial charge in [0.15, 0.2) is 5.82 Å². The molecule has 0 bridgehead atoms. The van der Waals surface area contributed by atoms with E-state index in [2.05, 4.69) is 25.9 Å². The molecule has 1 saturated heterocycles. The van der Waals surface area contributed by atoms with Gasteiger partial charge in [0.1, 0.15) is 29.3 Å². The Morgan fingerprint density at radius 3 is 2.73 bits per heavy atom. The second-order valence-corrected chi connectivity index (χ2v) is 8.68. The van der Waals surface area contributed by atoms with E-state index in [0.717, 1.165) is 0 Å². The highest BCUT2D eigenvalue weighted by atomic mass is 19.1. The predicted molar refractivity (Wildman–Crippen MR) is 134 cm³/mol. The number of hydrogen-bond donors (Lipinski definition) is 4. The molecule has 1 aromatic heterocycles. The Hall–Kier alpha value is -4.74. The fraction of sp³-hybridized carbons (Fsp3) is 0.259. The zero-order chi connectivity index (χ0) is 26.2. The van der Waals surface area contributed by atoms with Crippen molar-refractivity contribution in [3.05, 3.63) is 83.2 Å². The summed E-state index contributed by atoms with van der Waals surface area (Å²) in [6.07, 6.45) is 2.23. The number of nitrogens with zero attached hydrogens (tertiary/aromatic N) is 1. The van der Waals surface area contributed by atoms with Crippen molar-refractivity contribution in [3.8, 4) is 0 Å². The van der Waals surface area contributed by atoms with Crippen LogP contribution < -0.4 is 16.0 Å². The first kappa shape index (κ1) is 25.4. The molecule has 188 valence electrons. The molecule has 0 unspecified atom stereocenters. The first-order valence-electron chi connectivity index (χ1n) is 11.7. The molecular formula is C27H24FN5O4. The number of imidazole rings is 1. The Labute approximate surface area is 211 Å². The van der Waals surface area contributed by atoms with E-state index in [0.29, 0.717) is 41.7 Å². The van der Waals surface area contributed by atoms with Gasteiger partial charge in [-0.3, -0.25) is 4.79 Å². The Bertz CT molecular complexity index is 1410. The molecular weight excluding hydrogens is 477 g/mol. The summed E-state index contributed by atoms with van der Waals surface area (Å²) in [6, 6.07) is 11.3. The molecule has 9 nitrogen and oxygen atoms in total. The number of aromatic nitrogens is 2. The SMILES string of the molecule is O=C=C[C@H](C[C@@H]1CCNC1=C=O)NC(=C=O)[C@H](Cc1cccc(F)c1)NC(=O)c1nc2ccccc2[nH]1. The normalized spacial score (nSPS) is 16.0. The van der Waals surface area contributed by atoms with E-state index in [4.69, 9.17) is 0 Å². The lowest BCUT2D eigenvalue weighted by Crippen LogP contribution is -2.45. The fourth-order valence-electron chi connectivity index (χ4n) is 4.39. The third-order valence-electron chi connectivity index (χ3n) is 6.17. The number of aromatic amines is 1. The number of carbonyl (C=O) groups excluding carboxylic acids is 4. The van der Waals surface area contributed by atoms with Crippen LogP contribution >= 0.6 is 0 Å². The van der Waals surface area contributed by atoms with Crippen LogP contribution in [0, 0.1) is 11.7 Å². The number of nitrogens with one attached hydrogen (secondary N) is 4. The van der Waals surface area contributed by atoms with Crippen LogP contribution in [0.2, 0.25) is 0 Å². The number of H-pyrrole nitrogens is 1. The van der Waals surface area contributed by atoms with E-state index >= 15 is 0 Å². The lowest BCUT2D eigenvalue weighted by Gasteiger charge is -2.25. The van der Waals surface area contributed by atoms with Crippen molar-refractivity contribution >= 4 is 34.8 Å². The molecule has 37 heavy (non-hydrogen) atoms. The summed E-state index contributed by atoms with van der Waals surface area (Å²) in [4.78, 5) is 54.8. The van der Waals surface area contributed by atoms with Gasteiger partial charge in [0.25, 0.3) is 5.91 Å². The van der Waals surface area contributed by atoms with Crippen LogP contribution in [-0.4, -0.2) is 52.3 Å². The number of benzene rings is 2. The molecule has 2 heterocycles. The highest BCUT2D eigenvalue weighted by molar-refractivity contribution is 5.94. The first-order valence-corrected chi connectivity index (χ1v) is 11.7. The minimum absolute atomic E-state index is 0.0396. The average molecular weight is 502 g/mol. The van der Waals surface area contributed by atoms with Crippen molar-refractivity contribution in [2.24, 2.45) is 5.92 Å². The van der Waals surface area contributed by atoms with Gasteiger partial charge in [0.05, 0.1) is 28.8 Å². The van der Waals surface area contributed by atoms with Gasteiger partial charge in [-0.2, -0.15) is 0 Å². The fourth-order valence-corrected chi connectivity index (χ4v) is 4.39. The van der Waals surface area contributed by atoms with Crippen LogP contribution in [0.15, 0.2) is 66.0 Å². The van der Waals surface area contributed by atoms with Crippen LogP contribution in [0.4, 0.5) is 4.39 Å².